The predicted octanol–water partition coefficient (Wildman–Crippen LogP) is 2.76. The summed E-state index contributed by atoms with van der Waals surface area (Å²) in [6.07, 6.45) is 9.59. The van der Waals surface area contributed by atoms with E-state index >= 15 is 0 Å². The Bertz CT molecular complexity index is 235. The highest BCUT2D eigenvalue weighted by molar-refractivity contribution is 8.00. The molecule has 1 aliphatic carbocycles. The number of thioether (sulfide) groups is 1. The predicted molar refractivity (Wildman–Crippen MR) is 78.7 cm³/mol. The Hall–Kier alpha value is -0.380. The monoisotopic (exact) mass is 257 g/mol. The van der Waals surface area contributed by atoms with Gasteiger partial charge >= 0.3 is 0 Å². The molecule has 0 saturated heterocycles. The van der Waals surface area contributed by atoms with Gasteiger partial charge in [0.15, 0.2) is 5.96 Å². The number of rotatable bonds is 6. The van der Waals surface area contributed by atoms with Gasteiger partial charge in [-0.1, -0.05) is 26.7 Å². The maximum Gasteiger partial charge on any atom is 0.188 e. The molecule has 1 aliphatic rings. The Balaban J connectivity index is 2.44. The van der Waals surface area contributed by atoms with Gasteiger partial charge in [-0.3, -0.25) is 4.99 Å². The molecule has 1 rings (SSSR count). The van der Waals surface area contributed by atoms with E-state index in [1.165, 1.54) is 25.7 Å². The molecule has 0 aromatic heterocycles. The van der Waals surface area contributed by atoms with E-state index in [1.807, 2.05) is 11.8 Å². The number of nitrogens with zero attached hydrogens (tertiary/aromatic N) is 1. The van der Waals surface area contributed by atoms with Crippen LogP contribution in [0.5, 0.6) is 0 Å². The van der Waals surface area contributed by atoms with Crippen LogP contribution in [0.4, 0.5) is 0 Å². The standard InChI is InChI=1S/C13H27N3S/c1-4-13(5-2,17-3)10-15-12(14)16-11-8-6-7-9-11/h11H,4-10H2,1-3H3,(H3,14,15,16). The Morgan fingerprint density at radius 1 is 1.35 bits per heavy atom. The molecule has 1 saturated carbocycles. The fraction of sp³-hybridized carbons (Fsp3) is 0.923. The highest BCUT2D eigenvalue weighted by Gasteiger charge is 2.24. The summed E-state index contributed by atoms with van der Waals surface area (Å²) >= 11 is 1.91. The van der Waals surface area contributed by atoms with E-state index in [1.54, 1.807) is 0 Å². The first-order valence-electron chi connectivity index (χ1n) is 6.77. The van der Waals surface area contributed by atoms with Gasteiger partial charge in [0.05, 0.1) is 6.54 Å². The number of hydrogen-bond acceptors (Lipinski definition) is 2. The SMILES string of the molecule is CCC(CC)(CN=C(N)NC1CCCC1)SC. The van der Waals surface area contributed by atoms with E-state index in [0.29, 0.717) is 12.0 Å². The lowest BCUT2D eigenvalue weighted by Crippen LogP contribution is -2.40. The Labute approximate surface area is 110 Å². The van der Waals surface area contributed by atoms with Gasteiger partial charge in [-0.25, -0.2) is 0 Å². The van der Waals surface area contributed by atoms with Gasteiger partial charge in [-0.2, -0.15) is 11.8 Å². The van der Waals surface area contributed by atoms with E-state index in [4.69, 9.17) is 5.73 Å². The summed E-state index contributed by atoms with van der Waals surface area (Å²) in [5, 5.41) is 3.34. The molecule has 3 N–H and O–H groups in total. The number of nitrogens with one attached hydrogen (secondary N) is 1. The Kier molecular flexibility index (Phi) is 6.17. The maximum absolute atomic E-state index is 5.95. The molecule has 0 aromatic rings. The first kappa shape index (κ1) is 14.7. The number of guanidine groups is 1. The zero-order chi connectivity index (χ0) is 12.7. The van der Waals surface area contributed by atoms with Gasteiger partial charge < -0.3 is 11.1 Å². The van der Waals surface area contributed by atoms with Gasteiger partial charge in [0.1, 0.15) is 0 Å². The molecule has 0 unspecified atom stereocenters. The molecule has 0 aliphatic heterocycles. The van der Waals surface area contributed by atoms with E-state index in [0.717, 1.165) is 19.4 Å². The largest absolute Gasteiger partial charge is 0.370 e. The molecule has 0 heterocycles. The molecule has 1 fully saturated rings. The minimum atomic E-state index is 0.266. The van der Waals surface area contributed by atoms with Crippen molar-refractivity contribution < 1.29 is 0 Å². The van der Waals surface area contributed by atoms with Crippen molar-refractivity contribution in [2.24, 2.45) is 10.7 Å². The van der Waals surface area contributed by atoms with E-state index in [-0.39, 0.29) is 4.75 Å². The Morgan fingerprint density at radius 3 is 2.41 bits per heavy atom. The lowest BCUT2D eigenvalue weighted by molar-refractivity contribution is 0.556. The van der Waals surface area contributed by atoms with Crippen molar-refractivity contribution in [2.45, 2.75) is 63.2 Å². The molecular weight excluding hydrogens is 230 g/mol. The summed E-state index contributed by atoms with van der Waals surface area (Å²) in [7, 11) is 0. The summed E-state index contributed by atoms with van der Waals surface area (Å²) in [5.41, 5.74) is 5.95. The highest BCUT2D eigenvalue weighted by Crippen LogP contribution is 2.30. The Morgan fingerprint density at radius 2 is 1.94 bits per heavy atom. The quantitative estimate of drug-likeness (QED) is 0.568. The molecule has 100 valence electrons. The molecule has 17 heavy (non-hydrogen) atoms. The average molecular weight is 257 g/mol. The number of hydrogen-bond donors (Lipinski definition) is 2. The van der Waals surface area contributed by atoms with Crippen LogP contribution in [0.15, 0.2) is 4.99 Å². The van der Waals surface area contributed by atoms with Crippen LogP contribution >= 0.6 is 11.8 Å². The van der Waals surface area contributed by atoms with Crippen LogP contribution in [0.2, 0.25) is 0 Å². The second kappa shape index (κ2) is 7.14. The van der Waals surface area contributed by atoms with Crippen molar-refractivity contribution in [1.82, 2.24) is 5.32 Å². The fourth-order valence-electron chi connectivity index (χ4n) is 2.38. The second-order valence-electron chi connectivity index (χ2n) is 4.92. The molecular formula is C13H27N3S. The van der Waals surface area contributed by atoms with Crippen molar-refractivity contribution in [3.8, 4) is 0 Å². The molecule has 0 aromatic carbocycles. The van der Waals surface area contributed by atoms with E-state index in [9.17, 15) is 0 Å². The fourth-order valence-corrected chi connectivity index (χ4v) is 3.15. The van der Waals surface area contributed by atoms with Gasteiger partial charge in [0.2, 0.25) is 0 Å². The zero-order valence-corrected chi connectivity index (χ0v) is 12.3. The highest BCUT2D eigenvalue weighted by atomic mass is 32.2. The van der Waals surface area contributed by atoms with Crippen molar-refractivity contribution in [2.75, 3.05) is 12.8 Å². The van der Waals surface area contributed by atoms with Gasteiger partial charge in [0, 0.05) is 10.8 Å². The lowest BCUT2D eigenvalue weighted by atomic mass is 10.0. The lowest BCUT2D eigenvalue weighted by Gasteiger charge is -2.27. The molecule has 0 atom stereocenters. The summed E-state index contributed by atoms with van der Waals surface area (Å²) in [6.45, 7) is 5.29. The topological polar surface area (TPSA) is 50.4 Å². The first-order chi connectivity index (χ1) is 8.15. The van der Waals surface area contributed by atoms with Crippen molar-refractivity contribution >= 4 is 17.7 Å². The third-order valence-corrected chi connectivity index (χ3v) is 5.54. The van der Waals surface area contributed by atoms with Crippen LogP contribution < -0.4 is 11.1 Å². The summed E-state index contributed by atoms with van der Waals surface area (Å²) in [6, 6.07) is 0.561. The first-order valence-corrected chi connectivity index (χ1v) is 8.00. The second-order valence-corrected chi connectivity index (χ2v) is 6.20. The summed E-state index contributed by atoms with van der Waals surface area (Å²) < 4.78 is 0.266. The molecule has 4 heteroatoms. The average Bonchev–Trinajstić information content (AvgIpc) is 2.84. The molecule has 0 radical (unpaired) electrons. The van der Waals surface area contributed by atoms with Crippen LogP contribution in [-0.2, 0) is 0 Å². The third kappa shape index (κ3) is 4.41. The zero-order valence-electron chi connectivity index (χ0n) is 11.5. The van der Waals surface area contributed by atoms with Crippen LogP contribution in [0, 0.1) is 0 Å². The van der Waals surface area contributed by atoms with Crippen molar-refractivity contribution in [3.63, 3.8) is 0 Å². The van der Waals surface area contributed by atoms with Gasteiger partial charge in [-0.15, -0.1) is 0 Å². The van der Waals surface area contributed by atoms with E-state index in [2.05, 4.69) is 30.4 Å². The molecule has 0 amide bonds. The number of aliphatic imine (C=N–C) groups is 1. The maximum atomic E-state index is 5.95. The molecule has 0 spiro atoms. The van der Waals surface area contributed by atoms with Gasteiger partial charge in [0.25, 0.3) is 0 Å². The minimum absolute atomic E-state index is 0.266. The summed E-state index contributed by atoms with van der Waals surface area (Å²) in [4.78, 5) is 4.54. The van der Waals surface area contributed by atoms with E-state index < -0.39 is 0 Å². The third-order valence-electron chi connectivity index (χ3n) is 3.97. The van der Waals surface area contributed by atoms with Crippen molar-refractivity contribution in [3.05, 3.63) is 0 Å². The summed E-state index contributed by atoms with van der Waals surface area (Å²) in [5.74, 6) is 0.636. The molecule has 0 bridgehead atoms. The smallest absolute Gasteiger partial charge is 0.188 e. The van der Waals surface area contributed by atoms with Crippen LogP contribution in [-0.4, -0.2) is 29.5 Å². The van der Waals surface area contributed by atoms with Crippen LogP contribution in [0.3, 0.4) is 0 Å². The minimum Gasteiger partial charge on any atom is -0.370 e. The van der Waals surface area contributed by atoms with Crippen LogP contribution in [0.1, 0.15) is 52.4 Å². The van der Waals surface area contributed by atoms with Crippen LogP contribution in [0.25, 0.3) is 0 Å². The number of nitrogens with two attached hydrogens (primary N) is 1. The molecule has 3 nitrogen and oxygen atoms in total. The van der Waals surface area contributed by atoms with Crippen molar-refractivity contribution in [1.29, 1.82) is 0 Å². The normalized spacial score (nSPS) is 18.6. The van der Waals surface area contributed by atoms with Gasteiger partial charge in [-0.05, 0) is 31.9 Å².